The molecule has 30 heavy (non-hydrogen) atoms. The number of nitrogens with one attached hydrogen (secondary N) is 2. The fourth-order valence-corrected chi connectivity index (χ4v) is 3.73. The van der Waals surface area contributed by atoms with Crippen molar-refractivity contribution < 1.29 is 24.2 Å². The summed E-state index contributed by atoms with van der Waals surface area (Å²) < 4.78 is 11.2. The van der Waals surface area contributed by atoms with Crippen LogP contribution in [0.15, 0.2) is 24.3 Å². The predicted octanol–water partition coefficient (Wildman–Crippen LogP) is 1.30. The van der Waals surface area contributed by atoms with E-state index in [-0.39, 0.29) is 24.8 Å². The molecule has 0 radical (unpaired) electrons. The highest BCUT2D eigenvalue weighted by Crippen LogP contribution is 2.22. The third-order valence-electron chi connectivity index (χ3n) is 5.43. The minimum Gasteiger partial charge on any atom is -0.490 e. The summed E-state index contributed by atoms with van der Waals surface area (Å²) in [6.45, 7) is 3.29. The first-order valence-electron chi connectivity index (χ1n) is 10.1. The first-order chi connectivity index (χ1) is 14.4. The Bertz CT molecular complexity index is 748. The quantitative estimate of drug-likeness (QED) is 0.368. The normalized spacial score (nSPS) is 19.5. The fraction of sp³-hybridized carbons (Fsp3) is 0.550. The molecule has 0 bridgehead atoms. The first-order valence-corrected chi connectivity index (χ1v) is 10.1. The molecule has 1 aromatic carbocycles. The number of nitrogens with two attached hydrogens (primary N) is 1. The van der Waals surface area contributed by atoms with E-state index in [0.717, 1.165) is 31.5 Å². The van der Waals surface area contributed by atoms with Crippen molar-refractivity contribution in [2.75, 3.05) is 39.3 Å². The molecule has 2 aliphatic heterocycles. The molecular formula is C20H29N5O5. The van der Waals surface area contributed by atoms with E-state index < -0.39 is 6.09 Å². The molecule has 0 aromatic heterocycles. The second-order valence-corrected chi connectivity index (χ2v) is 7.66. The molecule has 2 aliphatic rings. The number of guanidine groups is 1. The van der Waals surface area contributed by atoms with E-state index in [1.165, 1.54) is 0 Å². The Balaban J connectivity index is 1.38. The highest BCUT2D eigenvalue weighted by Gasteiger charge is 2.34. The maximum absolute atomic E-state index is 12.2. The van der Waals surface area contributed by atoms with Crippen molar-refractivity contribution in [2.24, 2.45) is 11.7 Å². The van der Waals surface area contributed by atoms with Gasteiger partial charge < -0.3 is 35.4 Å². The number of ether oxygens (including phenoxy) is 2. The van der Waals surface area contributed by atoms with Crippen molar-refractivity contribution >= 4 is 18.1 Å². The van der Waals surface area contributed by atoms with Crippen molar-refractivity contribution in [3.63, 3.8) is 0 Å². The van der Waals surface area contributed by atoms with Gasteiger partial charge in [-0.1, -0.05) is 12.1 Å². The van der Waals surface area contributed by atoms with Gasteiger partial charge in [-0.05, 0) is 42.9 Å². The fourth-order valence-electron chi connectivity index (χ4n) is 3.73. The number of carbonyl (C=O) groups is 2. The Hall–Kier alpha value is -3.17. The Kier molecular flexibility index (Phi) is 7.21. The first kappa shape index (κ1) is 21.5. The van der Waals surface area contributed by atoms with Gasteiger partial charge in [0, 0.05) is 26.2 Å². The monoisotopic (exact) mass is 419 g/mol. The Morgan fingerprint density at radius 3 is 2.63 bits per heavy atom. The molecule has 1 atom stereocenters. The van der Waals surface area contributed by atoms with Crippen LogP contribution < -0.4 is 15.8 Å². The van der Waals surface area contributed by atoms with E-state index in [1.54, 1.807) is 4.90 Å². The average Bonchev–Trinajstić information content (AvgIpc) is 3.07. The second-order valence-electron chi connectivity index (χ2n) is 7.66. The molecule has 0 spiro atoms. The third kappa shape index (κ3) is 6.16. The lowest BCUT2D eigenvalue weighted by Gasteiger charge is -2.33. The predicted molar refractivity (Wildman–Crippen MR) is 110 cm³/mol. The average molecular weight is 419 g/mol. The van der Waals surface area contributed by atoms with Gasteiger partial charge in [-0.25, -0.2) is 9.59 Å². The summed E-state index contributed by atoms with van der Waals surface area (Å²) in [5.74, 6) is 1.17. The Labute approximate surface area is 175 Å². The Morgan fingerprint density at radius 2 is 2.00 bits per heavy atom. The molecule has 10 heteroatoms. The van der Waals surface area contributed by atoms with Crippen LogP contribution in [0.1, 0.15) is 18.4 Å². The zero-order valence-corrected chi connectivity index (χ0v) is 16.9. The lowest BCUT2D eigenvalue weighted by Crippen LogP contribution is -2.44. The minimum atomic E-state index is -1.03. The zero-order chi connectivity index (χ0) is 21.5. The minimum absolute atomic E-state index is 0.108. The summed E-state index contributed by atoms with van der Waals surface area (Å²) in [7, 11) is 0. The lowest BCUT2D eigenvalue weighted by molar-refractivity contribution is 0.102. The summed E-state index contributed by atoms with van der Waals surface area (Å²) >= 11 is 0. The van der Waals surface area contributed by atoms with E-state index in [9.17, 15) is 9.59 Å². The molecule has 0 aliphatic carbocycles. The van der Waals surface area contributed by atoms with Crippen LogP contribution in [0.4, 0.5) is 9.59 Å². The lowest BCUT2D eigenvalue weighted by atomic mass is 9.96. The van der Waals surface area contributed by atoms with Crippen LogP contribution in [0.2, 0.25) is 0 Å². The van der Waals surface area contributed by atoms with Gasteiger partial charge in [-0.3, -0.25) is 5.41 Å². The number of benzene rings is 1. The number of hydrogen-bond acceptors (Lipinski definition) is 5. The van der Waals surface area contributed by atoms with Crippen LogP contribution >= 0.6 is 0 Å². The molecule has 1 unspecified atom stereocenters. The molecule has 0 saturated carbocycles. The number of carbonyl (C=O) groups excluding carboxylic acids is 1. The van der Waals surface area contributed by atoms with Gasteiger partial charge in [-0.2, -0.15) is 0 Å². The van der Waals surface area contributed by atoms with Crippen molar-refractivity contribution in [1.29, 1.82) is 5.41 Å². The molecule has 2 amide bonds. The van der Waals surface area contributed by atoms with Crippen LogP contribution in [-0.2, 0) is 11.2 Å². The summed E-state index contributed by atoms with van der Waals surface area (Å²) in [6.07, 6.45) is 0.759. The summed E-state index contributed by atoms with van der Waals surface area (Å²) in [5.41, 5.74) is 6.53. The van der Waals surface area contributed by atoms with Crippen molar-refractivity contribution in [3.8, 4) is 5.75 Å². The van der Waals surface area contributed by atoms with Crippen molar-refractivity contribution in [1.82, 2.24) is 15.1 Å². The van der Waals surface area contributed by atoms with E-state index in [0.29, 0.717) is 37.7 Å². The van der Waals surface area contributed by atoms with E-state index in [2.05, 4.69) is 5.32 Å². The van der Waals surface area contributed by atoms with Gasteiger partial charge in [-0.15, -0.1) is 0 Å². The smallest absolute Gasteiger partial charge is 0.410 e. The summed E-state index contributed by atoms with van der Waals surface area (Å²) in [4.78, 5) is 26.2. The van der Waals surface area contributed by atoms with Gasteiger partial charge in [0.15, 0.2) is 12.1 Å². The number of piperidine rings is 1. The molecule has 2 heterocycles. The molecule has 5 N–H and O–H groups in total. The molecule has 2 saturated heterocycles. The Morgan fingerprint density at radius 1 is 1.30 bits per heavy atom. The highest BCUT2D eigenvalue weighted by molar-refractivity contribution is 5.74. The molecule has 2 fully saturated rings. The van der Waals surface area contributed by atoms with Gasteiger partial charge in [0.2, 0.25) is 0 Å². The number of carboxylic acid groups (broad SMARTS) is 1. The second kappa shape index (κ2) is 10.0. The topological polar surface area (TPSA) is 141 Å². The number of likely N-dealkylation sites (tertiary alicyclic amines) is 1. The number of hydrogen-bond donors (Lipinski definition) is 4. The number of amides is 2. The van der Waals surface area contributed by atoms with Crippen LogP contribution in [0.25, 0.3) is 0 Å². The van der Waals surface area contributed by atoms with Gasteiger partial charge >= 0.3 is 12.2 Å². The number of rotatable bonds is 8. The summed E-state index contributed by atoms with van der Waals surface area (Å²) in [6, 6.07) is 7.43. The maximum atomic E-state index is 12.2. The van der Waals surface area contributed by atoms with Gasteiger partial charge in [0.25, 0.3) is 0 Å². The van der Waals surface area contributed by atoms with E-state index in [1.807, 2.05) is 29.2 Å². The largest absolute Gasteiger partial charge is 0.490 e. The van der Waals surface area contributed by atoms with Crippen LogP contribution in [-0.4, -0.2) is 78.5 Å². The van der Waals surface area contributed by atoms with E-state index >= 15 is 0 Å². The van der Waals surface area contributed by atoms with E-state index in [4.69, 9.17) is 25.7 Å². The molecule has 3 rings (SSSR count). The third-order valence-corrected chi connectivity index (χ3v) is 5.43. The zero-order valence-electron chi connectivity index (χ0n) is 16.9. The molecule has 1 aromatic rings. The van der Waals surface area contributed by atoms with Gasteiger partial charge in [0.05, 0.1) is 6.54 Å². The van der Waals surface area contributed by atoms with Crippen LogP contribution in [0, 0.1) is 11.3 Å². The molecular weight excluding hydrogens is 390 g/mol. The van der Waals surface area contributed by atoms with Crippen molar-refractivity contribution in [3.05, 3.63) is 29.8 Å². The number of nitrogens with zero attached hydrogens (tertiary/aromatic N) is 2. The van der Waals surface area contributed by atoms with Crippen LogP contribution in [0.5, 0.6) is 5.75 Å². The number of cyclic esters (lactones) is 1. The molecule has 164 valence electrons. The van der Waals surface area contributed by atoms with Gasteiger partial charge in [0.1, 0.15) is 12.4 Å². The maximum Gasteiger partial charge on any atom is 0.410 e. The molecule has 10 nitrogen and oxygen atoms in total. The van der Waals surface area contributed by atoms with Crippen molar-refractivity contribution in [2.45, 2.75) is 25.4 Å². The highest BCUT2D eigenvalue weighted by atomic mass is 16.6. The van der Waals surface area contributed by atoms with Crippen LogP contribution in [0.3, 0.4) is 0 Å². The summed E-state index contributed by atoms with van der Waals surface area (Å²) in [5, 5.41) is 18.4. The standard InChI is InChI=1S/C20H29N5O5/c21-18(22)24-9-6-15(7-10-24)11-25-12-17(30-20(25)28)13-29-16-3-1-14(2-4-16)5-8-23-19(26)27/h1-4,15,17,23H,5-13H2,(H3,21,22)(H,26,27). The SMILES string of the molecule is N=C(N)N1CCC(CN2CC(COc3ccc(CCNC(=O)O)cc3)OC2=O)CC1.